The standard InChI is InChI=1S/C22H22N2O4/c1-3-24(14-21(26)23-17-9-6-10-18(13-17)28-2)22(27)19-11-15-7-4-5-8-16(15)12-20(19)25/h4-13,25H,3,14H2,1-2H3,(H,23,26). The third kappa shape index (κ3) is 4.23. The van der Waals surface area contributed by atoms with Crippen molar-refractivity contribution >= 4 is 28.3 Å². The number of phenols is 1. The Bertz CT molecular complexity index is 1020. The summed E-state index contributed by atoms with van der Waals surface area (Å²) in [5.41, 5.74) is 0.760. The zero-order valence-corrected chi connectivity index (χ0v) is 15.8. The molecule has 0 aliphatic rings. The van der Waals surface area contributed by atoms with E-state index in [0.717, 1.165) is 10.8 Å². The number of likely N-dealkylation sites (N-methyl/N-ethyl adjacent to an activating group) is 1. The van der Waals surface area contributed by atoms with Crippen LogP contribution in [0.4, 0.5) is 5.69 Å². The Morgan fingerprint density at radius 2 is 1.75 bits per heavy atom. The first-order valence-electron chi connectivity index (χ1n) is 8.96. The van der Waals surface area contributed by atoms with Crippen LogP contribution in [0.5, 0.6) is 11.5 Å². The Morgan fingerprint density at radius 1 is 1.04 bits per heavy atom. The number of anilines is 1. The molecule has 0 saturated carbocycles. The van der Waals surface area contributed by atoms with Crippen molar-refractivity contribution in [1.82, 2.24) is 4.90 Å². The average molecular weight is 378 g/mol. The Morgan fingerprint density at radius 3 is 2.43 bits per heavy atom. The fourth-order valence-corrected chi connectivity index (χ4v) is 2.97. The maximum atomic E-state index is 12.9. The molecule has 6 heteroatoms. The number of hydrogen-bond acceptors (Lipinski definition) is 4. The van der Waals surface area contributed by atoms with E-state index in [1.165, 1.54) is 4.90 Å². The van der Waals surface area contributed by atoms with Gasteiger partial charge in [-0.1, -0.05) is 30.3 Å². The van der Waals surface area contributed by atoms with E-state index < -0.39 is 5.91 Å². The van der Waals surface area contributed by atoms with Crippen molar-refractivity contribution in [1.29, 1.82) is 0 Å². The molecule has 0 bridgehead atoms. The molecule has 0 aliphatic heterocycles. The van der Waals surface area contributed by atoms with Gasteiger partial charge in [-0.05, 0) is 42.0 Å². The molecule has 0 atom stereocenters. The molecule has 0 radical (unpaired) electrons. The van der Waals surface area contributed by atoms with Gasteiger partial charge in [0.15, 0.2) is 0 Å². The van der Waals surface area contributed by atoms with Crippen molar-refractivity contribution in [2.45, 2.75) is 6.92 Å². The molecule has 0 unspecified atom stereocenters. The van der Waals surface area contributed by atoms with Gasteiger partial charge in [-0.15, -0.1) is 0 Å². The highest BCUT2D eigenvalue weighted by Gasteiger charge is 2.21. The summed E-state index contributed by atoms with van der Waals surface area (Å²) < 4.78 is 5.14. The van der Waals surface area contributed by atoms with E-state index in [9.17, 15) is 14.7 Å². The van der Waals surface area contributed by atoms with Gasteiger partial charge < -0.3 is 20.1 Å². The molecule has 144 valence electrons. The zero-order valence-electron chi connectivity index (χ0n) is 15.8. The van der Waals surface area contributed by atoms with Crippen LogP contribution in [0.1, 0.15) is 17.3 Å². The number of carbonyl (C=O) groups excluding carboxylic acids is 2. The summed E-state index contributed by atoms with van der Waals surface area (Å²) in [6.07, 6.45) is 0. The maximum Gasteiger partial charge on any atom is 0.258 e. The van der Waals surface area contributed by atoms with Gasteiger partial charge in [0.05, 0.1) is 12.7 Å². The van der Waals surface area contributed by atoms with Crippen molar-refractivity contribution < 1.29 is 19.4 Å². The van der Waals surface area contributed by atoms with E-state index in [2.05, 4.69) is 5.32 Å². The van der Waals surface area contributed by atoms with Crippen molar-refractivity contribution in [2.24, 2.45) is 0 Å². The van der Waals surface area contributed by atoms with Crippen LogP contribution in [-0.4, -0.2) is 42.0 Å². The summed E-state index contributed by atoms with van der Waals surface area (Å²) in [4.78, 5) is 26.7. The first-order valence-corrected chi connectivity index (χ1v) is 8.96. The number of nitrogens with zero attached hydrogens (tertiary/aromatic N) is 1. The van der Waals surface area contributed by atoms with Crippen molar-refractivity contribution in [3.05, 3.63) is 66.2 Å². The lowest BCUT2D eigenvalue weighted by molar-refractivity contribution is -0.116. The van der Waals surface area contributed by atoms with E-state index in [0.29, 0.717) is 18.0 Å². The summed E-state index contributed by atoms with van der Waals surface area (Å²) in [7, 11) is 1.55. The smallest absolute Gasteiger partial charge is 0.258 e. The fraction of sp³-hybridized carbons (Fsp3) is 0.182. The molecule has 3 aromatic rings. The van der Waals surface area contributed by atoms with Crippen LogP contribution >= 0.6 is 0 Å². The highest BCUT2D eigenvalue weighted by atomic mass is 16.5. The minimum absolute atomic E-state index is 0.102. The monoisotopic (exact) mass is 378 g/mol. The number of benzene rings is 3. The summed E-state index contributed by atoms with van der Waals surface area (Å²) >= 11 is 0. The number of hydrogen-bond donors (Lipinski definition) is 2. The normalized spacial score (nSPS) is 10.5. The van der Waals surface area contributed by atoms with Crippen LogP contribution < -0.4 is 10.1 Å². The third-order valence-electron chi connectivity index (χ3n) is 4.45. The molecule has 0 aliphatic carbocycles. The number of carbonyl (C=O) groups is 2. The maximum absolute atomic E-state index is 12.9. The lowest BCUT2D eigenvalue weighted by Gasteiger charge is -2.21. The number of amides is 2. The quantitative estimate of drug-likeness (QED) is 0.686. The predicted octanol–water partition coefficient (Wildman–Crippen LogP) is 3.65. The van der Waals surface area contributed by atoms with Gasteiger partial charge in [0.1, 0.15) is 18.0 Å². The lowest BCUT2D eigenvalue weighted by Crippen LogP contribution is -2.37. The first-order chi connectivity index (χ1) is 13.5. The van der Waals surface area contributed by atoms with E-state index in [1.54, 1.807) is 50.4 Å². The Balaban J connectivity index is 1.76. The van der Waals surface area contributed by atoms with E-state index in [1.807, 2.05) is 24.3 Å². The zero-order chi connectivity index (χ0) is 20.1. The van der Waals surface area contributed by atoms with Gasteiger partial charge in [0.2, 0.25) is 5.91 Å². The first kappa shape index (κ1) is 19.2. The van der Waals surface area contributed by atoms with Crippen molar-refractivity contribution in [3.8, 4) is 11.5 Å². The molecule has 2 N–H and O–H groups in total. The topological polar surface area (TPSA) is 78.9 Å². The van der Waals surface area contributed by atoms with Crippen molar-refractivity contribution in [3.63, 3.8) is 0 Å². The molecule has 0 saturated heterocycles. The van der Waals surface area contributed by atoms with Gasteiger partial charge in [-0.2, -0.15) is 0 Å². The Labute approximate surface area is 163 Å². The minimum Gasteiger partial charge on any atom is -0.507 e. The summed E-state index contributed by atoms with van der Waals surface area (Å²) in [5, 5.41) is 14.7. The minimum atomic E-state index is -0.397. The van der Waals surface area contributed by atoms with Crippen LogP contribution in [0.3, 0.4) is 0 Å². The number of methoxy groups -OCH3 is 1. The SMILES string of the molecule is CCN(CC(=O)Nc1cccc(OC)c1)C(=O)c1cc2ccccc2cc1O. The van der Waals surface area contributed by atoms with Crippen molar-refractivity contribution in [2.75, 3.05) is 25.5 Å². The number of nitrogens with one attached hydrogen (secondary N) is 1. The van der Waals surface area contributed by atoms with E-state index in [4.69, 9.17) is 4.74 Å². The second-order valence-corrected chi connectivity index (χ2v) is 6.32. The third-order valence-corrected chi connectivity index (χ3v) is 4.45. The highest BCUT2D eigenvalue weighted by Crippen LogP contribution is 2.26. The second-order valence-electron chi connectivity index (χ2n) is 6.32. The number of aromatic hydroxyl groups is 1. The van der Waals surface area contributed by atoms with Crippen LogP contribution in [0.2, 0.25) is 0 Å². The van der Waals surface area contributed by atoms with Gasteiger partial charge in [0, 0.05) is 18.3 Å². The number of rotatable bonds is 6. The van der Waals surface area contributed by atoms with Gasteiger partial charge in [-0.25, -0.2) is 0 Å². The van der Waals surface area contributed by atoms with Crippen LogP contribution in [0, 0.1) is 0 Å². The summed E-state index contributed by atoms with van der Waals surface area (Å²) in [6.45, 7) is 1.99. The molecule has 3 rings (SSSR count). The molecule has 28 heavy (non-hydrogen) atoms. The Hall–Kier alpha value is -3.54. The lowest BCUT2D eigenvalue weighted by atomic mass is 10.0. The van der Waals surface area contributed by atoms with Gasteiger partial charge >= 0.3 is 0 Å². The molecular weight excluding hydrogens is 356 g/mol. The molecule has 3 aromatic carbocycles. The number of phenolic OH excluding ortho intramolecular Hbond substituents is 1. The Kier molecular flexibility index (Phi) is 5.79. The van der Waals surface area contributed by atoms with Gasteiger partial charge in [-0.3, -0.25) is 9.59 Å². The molecule has 0 aromatic heterocycles. The van der Waals surface area contributed by atoms with E-state index in [-0.39, 0.29) is 23.8 Å². The molecule has 0 spiro atoms. The molecule has 0 heterocycles. The second kappa shape index (κ2) is 8.43. The molecular formula is C22H22N2O4. The molecule has 2 amide bonds. The van der Waals surface area contributed by atoms with Gasteiger partial charge in [0.25, 0.3) is 5.91 Å². The van der Waals surface area contributed by atoms with Crippen LogP contribution in [0.15, 0.2) is 60.7 Å². The highest BCUT2D eigenvalue weighted by molar-refractivity contribution is 6.03. The fourth-order valence-electron chi connectivity index (χ4n) is 2.97. The summed E-state index contributed by atoms with van der Waals surface area (Å²) in [6, 6.07) is 17.7. The van der Waals surface area contributed by atoms with Crippen LogP contribution in [0.25, 0.3) is 10.8 Å². The number of ether oxygens (including phenoxy) is 1. The van der Waals surface area contributed by atoms with E-state index >= 15 is 0 Å². The predicted molar refractivity (Wildman–Crippen MR) is 109 cm³/mol. The largest absolute Gasteiger partial charge is 0.507 e. The van der Waals surface area contributed by atoms with Crippen LogP contribution in [-0.2, 0) is 4.79 Å². The molecule has 6 nitrogen and oxygen atoms in total. The molecule has 0 fully saturated rings. The number of fused-ring (bicyclic) bond motifs is 1. The average Bonchev–Trinajstić information content (AvgIpc) is 2.71. The summed E-state index contributed by atoms with van der Waals surface area (Å²) in [5.74, 6) is -0.201.